The molecule has 1 fully saturated rings. The molecule has 0 saturated heterocycles. The Balaban J connectivity index is 1.77. The summed E-state index contributed by atoms with van der Waals surface area (Å²) < 4.78 is 5.29. The number of imidazole rings is 1. The van der Waals surface area contributed by atoms with Crippen LogP contribution in [0.1, 0.15) is 95.7 Å². The fourth-order valence-electron chi connectivity index (χ4n) is 5.72. The summed E-state index contributed by atoms with van der Waals surface area (Å²) >= 11 is 3.57. The van der Waals surface area contributed by atoms with E-state index in [1.165, 1.54) is 49.7 Å². The highest BCUT2D eigenvalue weighted by Crippen LogP contribution is 2.37. The minimum Gasteiger partial charge on any atom is -0.306 e. The van der Waals surface area contributed by atoms with Gasteiger partial charge in [-0.3, -0.25) is 14.2 Å². The van der Waals surface area contributed by atoms with E-state index in [1.807, 2.05) is 24.4 Å². The highest BCUT2D eigenvalue weighted by Gasteiger charge is 2.25. The first-order valence-electron chi connectivity index (χ1n) is 12.6. The van der Waals surface area contributed by atoms with Crippen LogP contribution in [-0.4, -0.2) is 18.9 Å². The predicted molar refractivity (Wildman–Crippen MR) is 139 cm³/mol. The maximum absolute atomic E-state index is 13.1. The Bertz CT molecular complexity index is 1350. The van der Waals surface area contributed by atoms with Crippen molar-refractivity contribution >= 4 is 43.6 Å². The van der Waals surface area contributed by atoms with Gasteiger partial charge in [0.2, 0.25) is 5.78 Å². The smallest absolute Gasteiger partial charge is 0.283 e. The maximum atomic E-state index is 13.1. The van der Waals surface area contributed by atoms with E-state index >= 15 is 0 Å². The lowest BCUT2D eigenvalue weighted by molar-refractivity contribution is 0.518. The van der Waals surface area contributed by atoms with Crippen molar-refractivity contribution in [3.05, 3.63) is 51.0 Å². The first-order chi connectivity index (χ1) is 16.1. The molecule has 174 valence electrons. The summed E-state index contributed by atoms with van der Waals surface area (Å²) in [5, 5.41) is 0.632. The van der Waals surface area contributed by atoms with Crippen molar-refractivity contribution in [2.24, 2.45) is 0 Å². The molecule has 0 bridgehead atoms. The van der Waals surface area contributed by atoms with Gasteiger partial charge < -0.3 is 4.57 Å². The van der Waals surface area contributed by atoms with E-state index in [0.29, 0.717) is 17.3 Å². The van der Waals surface area contributed by atoms with Crippen molar-refractivity contribution in [1.82, 2.24) is 18.9 Å². The van der Waals surface area contributed by atoms with Crippen LogP contribution in [0.2, 0.25) is 0 Å². The molecular weight excluding hydrogens is 476 g/mol. The zero-order valence-electron chi connectivity index (χ0n) is 19.7. The quantitative estimate of drug-likeness (QED) is 0.231. The first-order valence-corrected chi connectivity index (χ1v) is 13.4. The molecule has 3 heterocycles. The van der Waals surface area contributed by atoms with Gasteiger partial charge in [-0.2, -0.15) is 4.98 Å². The third-order valence-electron chi connectivity index (χ3n) is 7.35. The van der Waals surface area contributed by atoms with Gasteiger partial charge in [0, 0.05) is 22.1 Å². The molecule has 33 heavy (non-hydrogen) atoms. The van der Waals surface area contributed by atoms with Crippen molar-refractivity contribution in [3.8, 4) is 0 Å². The number of pyridine rings is 1. The van der Waals surface area contributed by atoms with Crippen LogP contribution in [0.25, 0.3) is 27.7 Å². The van der Waals surface area contributed by atoms with Gasteiger partial charge in [0.05, 0.1) is 28.1 Å². The van der Waals surface area contributed by atoms with Gasteiger partial charge in [-0.05, 0) is 59.8 Å². The number of unbranched alkanes of at least 4 members (excludes halogenated alkanes) is 2. The van der Waals surface area contributed by atoms with E-state index in [2.05, 4.69) is 49.8 Å². The normalized spacial score (nSPS) is 15.8. The topological polar surface area (TPSA) is 52.2 Å². The molecule has 6 heteroatoms. The molecule has 1 aromatic carbocycles. The minimum atomic E-state index is -0.170. The maximum Gasteiger partial charge on any atom is 0.283 e. The van der Waals surface area contributed by atoms with Crippen molar-refractivity contribution in [3.63, 3.8) is 0 Å². The zero-order chi connectivity index (χ0) is 22.9. The number of benzene rings is 1. The average molecular weight is 509 g/mol. The second kappa shape index (κ2) is 9.57. The van der Waals surface area contributed by atoms with Crippen molar-refractivity contribution in [2.45, 2.75) is 90.0 Å². The largest absolute Gasteiger partial charge is 0.306 e. The van der Waals surface area contributed by atoms with Gasteiger partial charge in [0.1, 0.15) is 0 Å². The number of hydrogen-bond donors (Lipinski definition) is 0. The van der Waals surface area contributed by atoms with Crippen molar-refractivity contribution in [1.29, 1.82) is 0 Å². The fourth-order valence-corrected chi connectivity index (χ4v) is 6.24. The fraction of sp³-hybridized carbons (Fsp3) is 0.519. The molecule has 1 unspecified atom stereocenters. The Morgan fingerprint density at radius 3 is 2.64 bits per heavy atom. The molecule has 0 spiro atoms. The Labute approximate surface area is 203 Å². The van der Waals surface area contributed by atoms with Crippen LogP contribution in [0.3, 0.4) is 0 Å². The summed E-state index contributed by atoms with van der Waals surface area (Å²) in [6.07, 6.45) is 14.0. The second-order valence-corrected chi connectivity index (χ2v) is 10.4. The van der Waals surface area contributed by atoms with E-state index in [-0.39, 0.29) is 5.56 Å². The predicted octanol–water partition coefficient (Wildman–Crippen LogP) is 7.54. The first kappa shape index (κ1) is 22.6. The van der Waals surface area contributed by atoms with Crippen molar-refractivity contribution < 1.29 is 0 Å². The summed E-state index contributed by atoms with van der Waals surface area (Å²) in [6, 6.07) is 8.62. The van der Waals surface area contributed by atoms with Gasteiger partial charge >= 0.3 is 0 Å². The number of nitrogens with zero attached hydrogens (tertiary/aromatic N) is 4. The Kier molecular flexibility index (Phi) is 6.55. The molecule has 3 aromatic heterocycles. The third-order valence-corrected chi connectivity index (χ3v) is 8.01. The molecular formula is C27H33BrN4O. The van der Waals surface area contributed by atoms with Crippen LogP contribution < -0.4 is 5.56 Å². The van der Waals surface area contributed by atoms with Crippen LogP contribution in [-0.2, 0) is 0 Å². The summed E-state index contributed by atoms with van der Waals surface area (Å²) in [6.45, 7) is 4.52. The van der Waals surface area contributed by atoms with Gasteiger partial charge in [-0.25, -0.2) is 0 Å². The number of rotatable bonds is 8. The highest BCUT2D eigenvalue weighted by molar-refractivity contribution is 9.10. The highest BCUT2D eigenvalue weighted by atomic mass is 79.9. The zero-order valence-corrected chi connectivity index (χ0v) is 21.3. The van der Waals surface area contributed by atoms with Crippen LogP contribution in [0.15, 0.2) is 39.7 Å². The standard InChI is InChI=1S/C27H33BrN4O/c1-3-5-6-11-18(10-4-2)21-16-23-24(17-29-21)32-22-15-9-14-20(28)25(22)26(33)30-27(32)31(23)19-12-7-8-13-19/h9,14-19H,3-8,10-13H2,1-2H3. The molecule has 1 aliphatic rings. The van der Waals surface area contributed by atoms with Gasteiger partial charge in [-0.1, -0.05) is 58.4 Å². The SMILES string of the molecule is CCCCCC(CCC)c1cc2c(cn1)n1c3cccc(Br)c3c(=O)nc1n2C1CCCC1. The third kappa shape index (κ3) is 4.01. The van der Waals surface area contributed by atoms with Crippen LogP contribution in [0, 0.1) is 0 Å². The van der Waals surface area contributed by atoms with Gasteiger partial charge in [0.15, 0.2) is 0 Å². The van der Waals surface area contributed by atoms with Gasteiger partial charge in [0.25, 0.3) is 5.56 Å². The number of fused-ring (bicyclic) bond motifs is 5. The second-order valence-electron chi connectivity index (χ2n) is 9.57. The monoisotopic (exact) mass is 508 g/mol. The number of hydrogen-bond acceptors (Lipinski definition) is 3. The molecule has 0 radical (unpaired) electrons. The minimum absolute atomic E-state index is 0.170. The Morgan fingerprint density at radius 1 is 1.06 bits per heavy atom. The summed E-state index contributed by atoms with van der Waals surface area (Å²) in [5.74, 6) is 1.24. The van der Waals surface area contributed by atoms with Crippen LogP contribution in [0.5, 0.6) is 0 Å². The van der Waals surface area contributed by atoms with Crippen LogP contribution >= 0.6 is 15.9 Å². The number of aromatic nitrogens is 4. The van der Waals surface area contributed by atoms with Crippen LogP contribution in [0.4, 0.5) is 0 Å². The molecule has 1 saturated carbocycles. The Hall–Kier alpha value is -2.21. The van der Waals surface area contributed by atoms with E-state index in [4.69, 9.17) is 4.98 Å². The molecule has 5 rings (SSSR count). The molecule has 5 nitrogen and oxygen atoms in total. The van der Waals surface area contributed by atoms with E-state index in [1.54, 1.807) is 0 Å². The van der Waals surface area contributed by atoms with E-state index in [0.717, 1.165) is 47.0 Å². The van der Waals surface area contributed by atoms with E-state index in [9.17, 15) is 4.79 Å². The lowest BCUT2D eigenvalue weighted by atomic mass is 9.92. The summed E-state index contributed by atoms with van der Waals surface area (Å²) in [4.78, 5) is 22.7. The van der Waals surface area contributed by atoms with Crippen molar-refractivity contribution in [2.75, 3.05) is 0 Å². The van der Waals surface area contributed by atoms with E-state index < -0.39 is 0 Å². The molecule has 0 amide bonds. The lowest BCUT2D eigenvalue weighted by Crippen LogP contribution is -2.14. The molecule has 4 aromatic rings. The molecule has 1 atom stereocenters. The molecule has 0 aliphatic heterocycles. The number of halogens is 1. The van der Waals surface area contributed by atoms with Gasteiger partial charge in [-0.15, -0.1) is 0 Å². The lowest BCUT2D eigenvalue weighted by Gasteiger charge is -2.17. The Morgan fingerprint density at radius 2 is 1.88 bits per heavy atom. The molecule has 0 N–H and O–H groups in total. The summed E-state index contributed by atoms with van der Waals surface area (Å²) in [7, 11) is 0. The molecule has 1 aliphatic carbocycles. The summed E-state index contributed by atoms with van der Waals surface area (Å²) in [5.41, 5.74) is 4.12. The average Bonchev–Trinajstić information content (AvgIpc) is 3.44.